The minimum Gasteiger partial charge on any atom is -0.481 e. The van der Waals surface area contributed by atoms with Crippen molar-refractivity contribution in [3.05, 3.63) is 63.9 Å². The van der Waals surface area contributed by atoms with E-state index in [0.29, 0.717) is 22.9 Å². The van der Waals surface area contributed by atoms with E-state index in [1.54, 1.807) is 11.5 Å². The lowest BCUT2D eigenvalue weighted by molar-refractivity contribution is -0.132. The molecule has 1 atom stereocenters. The smallest absolute Gasteiger partial charge is 0.279 e. The maximum atomic E-state index is 12.3. The molecule has 0 saturated carbocycles. The zero-order valence-corrected chi connectivity index (χ0v) is 19.4. The van der Waals surface area contributed by atoms with Crippen molar-refractivity contribution in [3.63, 3.8) is 0 Å². The first kappa shape index (κ1) is 23.2. The molecule has 1 heterocycles. The lowest BCUT2D eigenvalue weighted by Crippen LogP contribution is -2.47. The quantitative estimate of drug-likeness (QED) is 0.375. The van der Waals surface area contributed by atoms with Gasteiger partial charge in [-0.2, -0.15) is 5.10 Å². The monoisotopic (exact) mass is 453 g/mol. The number of hydrogen-bond acceptors (Lipinski definition) is 5. The van der Waals surface area contributed by atoms with Gasteiger partial charge in [0, 0.05) is 18.5 Å². The van der Waals surface area contributed by atoms with E-state index in [2.05, 4.69) is 21.0 Å². The van der Waals surface area contributed by atoms with Gasteiger partial charge in [-0.05, 0) is 63.2 Å². The summed E-state index contributed by atoms with van der Waals surface area (Å²) >= 11 is 5.31. The third-order valence-electron chi connectivity index (χ3n) is 5.15. The molecule has 1 unspecified atom stereocenters. The minimum atomic E-state index is -0.772. The lowest BCUT2D eigenvalue weighted by Gasteiger charge is -2.17. The van der Waals surface area contributed by atoms with Crippen molar-refractivity contribution in [2.24, 2.45) is 0 Å². The number of carbonyl (C=O) groups is 2. The van der Waals surface area contributed by atoms with Crippen LogP contribution < -0.4 is 15.6 Å². The largest absolute Gasteiger partial charge is 0.481 e. The fourth-order valence-electron chi connectivity index (χ4n) is 3.13. The van der Waals surface area contributed by atoms with E-state index in [0.717, 1.165) is 22.3 Å². The predicted octanol–water partition coefficient (Wildman–Crippen LogP) is 3.54. The molecule has 2 amide bonds. The van der Waals surface area contributed by atoms with Crippen molar-refractivity contribution in [3.8, 4) is 17.1 Å². The summed E-state index contributed by atoms with van der Waals surface area (Å²) in [5, 5.41) is 7.06. The first-order valence-electron chi connectivity index (χ1n) is 10.3. The Morgan fingerprint density at radius 2 is 1.91 bits per heavy atom. The van der Waals surface area contributed by atoms with Gasteiger partial charge in [0.2, 0.25) is 5.91 Å². The van der Waals surface area contributed by atoms with Crippen LogP contribution in [0.15, 0.2) is 42.5 Å². The van der Waals surface area contributed by atoms with Crippen molar-refractivity contribution in [2.75, 3.05) is 0 Å². The van der Waals surface area contributed by atoms with E-state index in [4.69, 9.17) is 17.0 Å². The normalized spacial score (nSPS) is 11.6. The summed E-state index contributed by atoms with van der Waals surface area (Å²) in [5.41, 5.74) is 8.89. The van der Waals surface area contributed by atoms with Crippen LogP contribution in [0.5, 0.6) is 5.75 Å². The number of hydrazine groups is 1. The molecule has 0 radical (unpaired) electrons. The van der Waals surface area contributed by atoms with Crippen LogP contribution in [0.4, 0.5) is 0 Å². The Labute approximate surface area is 192 Å². The Bertz CT molecular complexity index is 1180. The summed E-state index contributed by atoms with van der Waals surface area (Å²) in [6.07, 6.45) is -0.662. The van der Waals surface area contributed by atoms with Crippen LogP contribution in [0.25, 0.3) is 11.4 Å². The van der Waals surface area contributed by atoms with Crippen molar-refractivity contribution in [2.45, 2.75) is 46.8 Å². The number of nitrogens with zero attached hydrogens (tertiary/aromatic N) is 2. The van der Waals surface area contributed by atoms with Crippen molar-refractivity contribution in [1.29, 1.82) is 0 Å². The maximum absolute atomic E-state index is 12.3. The molecule has 0 aliphatic heterocycles. The number of aromatic nitrogens is 3. The second-order valence-corrected chi connectivity index (χ2v) is 8.01. The third-order valence-corrected chi connectivity index (χ3v) is 5.46. The summed E-state index contributed by atoms with van der Waals surface area (Å²) in [6, 6.07) is 13.5. The number of hydrogen-bond donors (Lipinski definition) is 3. The summed E-state index contributed by atoms with van der Waals surface area (Å²) in [4.78, 5) is 24.6. The Morgan fingerprint density at radius 3 is 2.66 bits per heavy atom. The second kappa shape index (κ2) is 10.2. The van der Waals surface area contributed by atoms with Crippen molar-refractivity contribution >= 4 is 24.0 Å². The number of amides is 2. The second-order valence-electron chi connectivity index (χ2n) is 7.62. The van der Waals surface area contributed by atoms with E-state index >= 15 is 0 Å². The highest BCUT2D eigenvalue weighted by atomic mass is 32.1. The fraction of sp³-hybridized carbons (Fsp3) is 0.304. The van der Waals surface area contributed by atoms with E-state index in [1.165, 1.54) is 0 Å². The zero-order chi connectivity index (χ0) is 23.3. The Balaban J connectivity index is 1.54. The average molecular weight is 454 g/mol. The molecule has 2 aromatic carbocycles. The molecule has 0 spiro atoms. The average Bonchev–Trinajstić information content (AvgIpc) is 3.14. The van der Waals surface area contributed by atoms with Gasteiger partial charge in [-0.25, -0.2) is 0 Å². The van der Waals surface area contributed by atoms with Crippen molar-refractivity contribution < 1.29 is 14.3 Å². The summed E-state index contributed by atoms with van der Waals surface area (Å²) in [6.45, 7) is 7.85. The Kier molecular flexibility index (Phi) is 7.42. The summed E-state index contributed by atoms with van der Waals surface area (Å²) in [7, 11) is 0. The van der Waals surface area contributed by atoms with Gasteiger partial charge in [0.15, 0.2) is 16.7 Å². The standard InChI is InChI=1S/C23H27N5O3S/c1-14-7-5-9-18(13-14)21-25-27-23(32)28(21)12-11-20(29)24-26-22(30)17(4)31-19-10-6-8-15(2)16(19)3/h5-10,13,17H,11-12H2,1-4H3,(H,24,29)(H,26,30)(H,27,32). The van der Waals surface area contributed by atoms with E-state index in [1.807, 2.05) is 63.2 Å². The van der Waals surface area contributed by atoms with E-state index in [9.17, 15) is 9.59 Å². The van der Waals surface area contributed by atoms with Crippen molar-refractivity contribution in [1.82, 2.24) is 25.6 Å². The highest BCUT2D eigenvalue weighted by Gasteiger charge is 2.17. The van der Waals surface area contributed by atoms with Gasteiger partial charge in [0.05, 0.1) is 0 Å². The van der Waals surface area contributed by atoms with Crippen LogP contribution in [0.3, 0.4) is 0 Å². The number of benzene rings is 2. The van der Waals surface area contributed by atoms with Crippen LogP contribution >= 0.6 is 12.2 Å². The fourth-order valence-corrected chi connectivity index (χ4v) is 3.36. The highest BCUT2D eigenvalue weighted by Crippen LogP contribution is 2.22. The molecule has 9 heteroatoms. The Morgan fingerprint density at radius 1 is 1.16 bits per heavy atom. The zero-order valence-electron chi connectivity index (χ0n) is 18.6. The maximum Gasteiger partial charge on any atom is 0.279 e. The molecule has 3 N–H and O–H groups in total. The number of H-pyrrole nitrogens is 1. The molecule has 0 aliphatic rings. The van der Waals surface area contributed by atoms with Crippen LogP contribution in [0.2, 0.25) is 0 Å². The van der Waals surface area contributed by atoms with Gasteiger partial charge in [0.25, 0.3) is 5.91 Å². The topological polar surface area (TPSA) is 101 Å². The molecule has 1 aromatic heterocycles. The number of aromatic amines is 1. The van der Waals surface area contributed by atoms with Crippen LogP contribution in [0.1, 0.15) is 30.0 Å². The molecule has 0 saturated heterocycles. The minimum absolute atomic E-state index is 0.110. The van der Waals surface area contributed by atoms with Gasteiger partial charge in [-0.15, -0.1) is 0 Å². The number of carbonyl (C=O) groups excluding carboxylic acids is 2. The van der Waals surface area contributed by atoms with Gasteiger partial charge in [-0.1, -0.05) is 35.9 Å². The Hall–Kier alpha value is -3.46. The molecule has 0 aliphatic carbocycles. The predicted molar refractivity (Wildman–Crippen MR) is 124 cm³/mol. The molecular weight excluding hydrogens is 426 g/mol. The molecule has 0 bridgehead atoms. The summed E-state index contributed by atoms with van der Waals surface area (Å²) < 4.78 is 7.92. The van der Waals surface area contributed by atoms with Gasteiger partial charge >= 0.3 is 0 Å². The first-order chi connectivity index (χ1) is 15.3. The SMILES string of the molecule is Cc1cccc(-c2n[nH]c(=S)n2CCC(=O)NNC(=O)C(C)Oc2cccc(C)c2C)c1. The third kappa shape index (κ3) is 5.61. The molecular formula is C23H27N5O3S. The van der Waals surface area contributed by atoms with E-state index < -0.39 is 12.0 Å². The molecule has 32 heavy (non-hydrogen) atoms. The lowest BCUT2D eigenvalue weighted by atomic mass is 10.1. The molecule has 3 aromatic rings. The van der Waals surface area contributed by atoms with Crippen LogP contribution in [-0.2, 0) is 16.1 Å². The number of nitrogens with one attached hydrogen (secondary N) is 3. The van der Waals surface area contributed by atoms with Gasteiger partial charge in [-0.3, -0.25) is 30.1 Å². The highest BCUT2D eigenvalue weighted by molar-refractivity contribution is 7.71. The number of aryl methyl sites for hydroxylation is 2. The van der Waals surface area contributed by atoms with Crippen LogP contribution in [-0.4, -0.2) is 32.7 Å². The molecule has 3 rings (SSSR count). The molecule has 168 valence electrons. The molecule has 8 nitrogen and oxygen atoms in total. The number of rotatable bonds is 7. The van der Waals surface area contributed by atoms with Crippen LogP contribution in [0, 0.1) is 25.5 Å². The number of ether oxygens (including phenoxy) is 1. The first-order valence-corrected chi connectivity index (χ1v) is 10.7. The molecule has 0 fully saturated rings. The van der Waals surface area contributed by atoms with Gasteiger partial charge in [0.1, 0.15) is 5.75 Å². The van der Waals surface area contributed by atoms with Gasteiger partial charge < -0.3 is 4.74 Å². The summed E-state index contributed by atoms with van der Waals surface area (Å²) in [5.74, 6) is 0.498. The van der Waals surface area contributed by atoms with E-state index in [-0.39, 0.29) is 12.3 Å².